The van der Waals surface area contributed by atoms with Crippen LogP contribution in [0.25, 0.3) is 10.9 Å². The van der Waals surface area contributed by atoms with Crippen LogP contribution in [0.5, 0.6) is 0 Å². The molecular weight excluding hydrogens is 464 g/mol. The number of aromatic nitrogens is 1. The Morgan fingerprint density at radius 1 is 0.944 bits per heavy atom. The van der Waals surface area contributed by atoms with Gasteiger partial charge in [0.05, 0.1) is 4.90 Å². The van der Waals surface area contributed by atoms with Crippen LogP contribution in [0.3, 0.4) is 0 Å². The van der Waals surface area contributed by atoms with Crippen molar-refractivity contribution in [2.24, 2.45) is 11.3 Å². The minimum Gasteiger partial charge on any atom is -0.358 e. The number of H-pyrrole nitrogens is 1. The molecule has 0 unspecified atom stereocenters. The van der Waals surface area contributed by atoms with Crippen LogP contribution >= 0.6 is 0 Å². The molecule has 0 saturated heterocycles. The first-order valence-electron chi connectivity index (χ1n) is 13.5. The van der Waals surface area contributed by atoms with E-state index in [0.29, 0.717) is 29.2 Å². The SMILES string of the molecule is Cc1[nH]c2ccccc2c1[C@H]1[C@@H](CCNS(=O)(=O)c2c(C(C)C)cc(C(C)C)cc2C(C)C)C1(C)C. The molecule has 2 N–H and O–H groups in total. The predicted octanol–water partition coefficient (Wildman–Crippen LogP) is 7.95. The molecule has 1 saturated carbocycles. The summed E-state index contributed by atoms with van der Waals surface area (Å²) in [7, 11) is -3.63. The monoisotopic (exact) mass is 508 g/mol. The maximum Gasteiger partial charge on any atom is 0.241 e. The van der Waals surface area contributed by atoms with Gasteiger partial charge in [-0.2, -0.15) is 0 Å². The molecule has 1 fully saturated rings. The quantitative estimate of drug-likeness (QED) is 0.308. The fourth-order valence-electron chi connectivity index (χ4n) is 6.18. The number of para-hydroxylation sites is 1. The van der Waals surface area contributed by atoms with Crippen LogP contribution in [0, 0.1) is 18.3 Å². The van der Waals surface area contributed by atoms with E-state index in [1.54, 1.807) is 0 Å². The van der Waals surface area contributed by atoms with Crippen molar-refractivity contribution < 1.29 is 8.42 Å². The van der Waals surface area contributed by atoms with E-state index >= 15 is 0 Å². The second-order valence-electron chi connectivity index (χ2n) is 12.3. The number of hydrogen-bond donors (Lipinski definition) is 2. The van der Waals surface area contributed by atoms with Crippen LogP contribution in [-0.4, -0.2) is 19.9 Å². The van der Waals surface area contributed by atoms with Crippen molar-refractivity contribution in [2.75, 3.05) is 6.54 Å². The van der Waals surface area contributed by atoms with Crippen molar-refractivity contribution in [3.63, 3.8) is 0 Å². The van der Waals surface area contributed by atoms with Gasteiger partial charge in [-0.25, -0.2) is 13.1 Å². The Bertz CT molecular complexity index is 1330. The summed E-state index contributed by atoms with van der Waals surface area (Å²) in [6.07, 6.45) is 0.827. The molecule has 4 rings (SSSR count). The number of nitrogens with one attached hydrogen (secondary N) is 2. The van der Waals surface area contributed by atoms with Gasteiger partial charge in [-0.3, -0.25) is 0 Å². The van der Waals surface area contributed by atoms with Crippen molar-refractivity contribution in [3.05, 3.63) is 64.3 Å². The maximum absolute atomic E-state index is 13.8. The highest BCUT2D eigenvalue weighted by atomic mass is 32.2. The normalized spacial score (nSPS) is 19.7. The van der Waals surface area contributed by atoms with Crippen LogP contribution in [0.15, 0.2) is 41.3 Å². The molecule has 0 aliphatic heterocycles. The minimum absolute atomic E-state index is 0.129. The summed E-state index contributed by atoms with van der Waals surface area (Å²) >= 11 is 0. The first-order valence-corrected chi connectivity index (χ1v) is 15.0. The molecule has 0 radical (unpaired) electrons. The van der Waals surface area contributed by atoms with Crippen molar-refractivity contribution in [2.45, 2.75) is 97.3 Å². The molecule has 196 valence electrons. The van der Waals surface area contributed by atoms with Crippen LogP contribution in [0.4, 0.5) is 0 Å². The van der Waals surface area contributed by atoms with Gasteiger partial charge in [0.15, 0.2) is 0 Å². The predicted molar refractivity (Wildman–Crippen MR) is 152 cm³/mol. The standard InChI is InChI=1S/C31H44N2O2S/c1-18(2)22-16-24(19(3)4)30(25(17-22)20(5)6)36(34,35)32-15-14-26-29(31(26,8)9)28-21(7)33-27-13-11-10-12-23(27)28/h10-13,16-20,26,29,32-33H,14-15H2,1-9H3/t26-,29-/m1/s1. The zero-order valence-corrected chi connectivity index (χ0v) is 24.3. The van der Waals surface area contributed by atoms with Crippen molar-refractivity contribution >= 4 is 20.9 Å². The molecule has 0 amide bonds. The Balaban J connectivity index is 1.58. The number of rotatable bonds is 9. The van der Waals surface area contributed by atoms with Crippen molar-refractivity contribution in [1.82, 2.24) is 9.71 Å². The summed E-state index contributed by atoms with van der Waals surface area (Å²) in [5.41, 5.74) is 7.01. The van der Waals surface area contributed by atoms with E-state index in [2.05, 4.69) is 108 Å². The third kappa shape index (κ3) is 4.77. The molecule has 0 spiro atoms. The van der Waals surface area contributed by atoms with Gasteiger partial charge in [-0.15, -0.1) is 0 Å². The highest BCUT2D eigenvalue weighted by Crippen LogP contribution is 2.67. The largest absolute Gasteiger partial charge is 0.358 e. The number of sulfonamides is 1. The van der Waals surface area contributed by atoms with E-state index in [1.807, 2.05) is 0 Å². The highest BCUT2D eigenvalue weighted by Gasteiger charge is 2.58. The summed E-state index contributed by atoms with van der Waals surface area (Å²) in [4.78, 5) is 4.04. The van der Waals surface area contributed by atoms with Gasteiger partial charge < -0.3 is 4.98 Å². The van der Waals surface area contributed by atoms with Gasteiger partial charge in [0, 0.05) is 23.1 Å². The average molecular weight is 509 g/mol. The summed E-state index contributed by atoms with van der Waals surface area (Å²) in [6, 6.07) is 12.7. The number of aryl methyl sites for hydroxylation is 1. The number of aromatic amines is 1. The number of hydrogen-bond acceptors (Lipinski definition) is 2. The second-order valence-corrected chi connectivity index (χ2v) is 14.0. The Morgan fingerprint density at radius 2 is 1.53 bits per heavy atom. The van der Waals surface area contributed by atoms with Gasteiger partial charge in [-0.05, 0) is 76.7 Å². The molecule has 1 heterocycles. The fourth-order valence-corrected chi connectivity index (χ4v) is 7.92. The van der Waals surface area contributed by atoms with E-state index in [9.17, 15) is 8.42 Å². The Kier molecular flexibility index (Phi) is 7.22. The Hall–Kier alpha value is -2.11. The van der Waals surface area contributed by atoms with Gasteiger partial charge in [0.1, 0.15) is 0 Å². The van der Waals surface area contributed by atoms with E-state index in [0.717, 1.165) is 17.5 Å². The molecule has 2 atom stereocenters. The first-order chi connectivity index (χ1) is 16.8. The second kappa shape index (κ2) is 9.64. The van der Waals surface area contributed by atoms with Crippen molar-refractivity contribution in [3.8, 4) is 0 Å². The lowest BCUT2D eigenvalue weighted by Crippen LogP contribution is -2.28. The molecule has 5 heteroatoms. The Morgan fingerprint density at radius 3 is 2.08 bits per heavy atom. The topological polar surface area (TPSA) is 62.0 Å². The molecule has 4 nitrogen and oxygen atoms in total. The van der Waals surface area contributed by atoms with Gasteiger partial charge in [0.25, 0.3) is 0 Å². The zero-order valence-electron chi connectivity index (χ0n) is 23.5. The summed E-state index contributed by atoms with van der Waals surface area (Å²) in [5.74, 6) is 1.48. The van der Waals surface area contributed by atoms with Gasteiger partial charge in [0.2, 0.25) is 10.0 Å². The molecule has 1 aliphatic rings. The fraction of sp³-hybridized carbons (Fsp3) is 0.548. The van der Waals surface area contributed by atoms with Crippen LogP contribution in [0.1, 0.15) is 113 Å². The summed E-state index contributed by atoms with van der Waals surface area (Å²) in [6.45, 7) is 19.9. The molecule has 36 heavy (non-hydrogen) atoms. The third-order valence-electron chi connectivity index (χ3n) is 8.40. The van der Waals surface area contributed by atoms with E-state index in [-0.39, 0.29) is 17.3 Å². The summed E-state index contributed by atoms with van der Waals surface area (Å²) < 4.78 is 30.5. The minimum atomic E-state index is -3.63. The van der Waals surface area contributed by atoms with Crippen LogP contribution < -0.4 is 4.72 Å². The van der Waals surface area contributed by atoms with Crippen molar-refractivity contribution in [1.29, 1.82) is 0 Å². The molecule has 1 aliphatic carbocycles. The average Bonchev–Trinajstić information content (AvgIpc) is 3.15. The highest BCUT2D eigenvalue weighted by molar-refractivity contribution is 7.89. The first kappa shape index (κ1) is 26.9. The van der Waals surface area contributed by atoms with Gasteiger partial charge >= 0.3 is 0 Å². The smallest absolute Gasteiger partial charge is 0.241 e. The maximum atomic E-state index is 13.8. The molecular formula is C31H44N2O2S. The lowest BCUT2D eigenvalue weighted by molar-refractivity contribution is 0.521. The third-order valence-corrected chi connectivity index (χ3v) is 9.99. The molecule has 3 aromatic rings. The number of benzene rings is 2. The number of fused-ring (bicyclic) bond motifs is 1. The van der Waals surface area contributed by atoms with Crippen LogP contribution in [-0.2, 0) is 10.0 Å². The lowest BCUT2D eigenvalue weighted by Gasteiger charge is -2.23. The molecule has 2 aromatic carbocycles. The van der Waals surface area contributed by atoms with E-state index in [1.165, 1.54) is 27.7 Å². The lowest BCUT2D eigenvalue weighted by atomic mass is 9.89. The van der Waals surface area contributed by atoms with E-state index in [4.69, 9.17) is 0 Å². The molecule has 1 aromatic heterocycles. The van der Waals surface area contributed by atoms with Gasteiger partial charge in [-0.1, -0.05) is 85.7 Å². The molecule has 0 bridgehead atoms. The van der Waals surface area contributed by atoms with Crippen LogP contribution in [0.2, 0.25) is 0 Å². The summed E-state index contributed by atoms with van der Waals surface area (Å²) in [5, 5.41) is 1.30. The zero-order chi connectivity index (χ0) is 26.6. The van der Waals surface area contributed by atoms with E-state index < -0.39 is 10.0 Å². The Labute approximate surface area is 218 Å².